The average molecular weight is 455 g/mol. The number of hydrogen-bond donors (Lipinski definition) is 0. The van der Waals surface area contributed by atoms with Gasteiger partial charge in [-0.2, -0.15) is 13.2 Å². The number of nitrogens with zero attached hydrogens (tertiary/aromatic N) is 3. The molecule has 172 valence electrons. The van der Waals surface area contributed by atoms with Crippen molar-refractivity contribution in [1.82, 2.24) is 15.0 Å². The molecular formula is C25H24F3N3O2. The first-order valence-electron chi connectivity index (χ1n) is 10.9. The van der Waals surface area contributed by atoms with Crippen LogP contribution in [-0.4, -0.2) is 28.0 Å². The van der Waals surface area contributed by atoms with Crippen molar-refractivity contribution in [2.75, 3.05) is 7.11 Å². The van der Waals surface area contributed by atoms with Crippen LogP contribution in [0.4, 0.5) is 13.2 Å². The Kier molecular flexibility index (Phi) is 6.72. The lowest BCUT2D eigenvalue weighted by atomic mass is 9.82. The highest BCUT2D eigenvalue weighted by Crippen LogP contribution is 2.39. The molecule has 1 atom stereocenters. The molecule has 3 aromatic rings. The van der Waals surface area contributed by atoms with Crippen molar-refractivity contribution in [1.29, 1.82) is 0 Å². The minimum Gasteiger partial charge on any atom is -0.465 e. The number of aromatic nitrogens is 3. The van der Waals surface area contributed by atoms with Crippen LogP contribution in [-0.2, 0) is 17.3 Å². The minimum absolute atomic E-state index is 0.172. The van der Waals surface area contributed by atoms with E-state index in [2.05, 4.69) is 15.0 Å². The van der Waals surface area contributed by atoms with Crippen LogP contribution in [0.3, 0.4) is 0 Å². The SMILES string of the molecule is COC(=O)c1ccc(CC(c2cnc(-c3ccc(C(F)(F)F)cc3)nc2)C2CCCC2)nc1. The topological polar surface area (TPSA) is 65.0 Å². The van der Waals surface area contributed by atoms with Crippen LogP contribution >= 0.6 is 0 Å². The number of alkyl halides is 3. The van der Waals surface area contributed by atoms with Gasteiger partial charge >= 0.3 is 12.1 Å². The van der Waals surface area contributed by atoms with Gasteiger partial charge in [0.15, 0.2) is 5.82 Å². The van der Waals surface area contributed by atoms with Gasteiger partial charge in [-0.3, -0.25) is 4.98 Å². The summed E-state index contributed by atoms with van der Waals surface area (Å²) in [5, 5.41) is 0. The van der Waals surface area contributed by atoms with Gasteiger partial charge in [0.05, 0.1) is 18.2 Å². The van der Waals surface area contributed by atoms with Crippen LogP contribution in [0.15, 0.2) is 55.0 Å². The molecule has 5 nitrogen and oxygen atoms in total. The first-order chi connectivity index (χ1) is 15.8. The van der Waals surface area contributed by atoms with Crippen molar-refractivity contribution >= 4 is 5.97 Å². The van der Waals surface area contributed by atoms with Crippen LogP contribution in [0.25, 0.3) is 11.4 Å². The Hall–Kier alpha value is -3.29. The molecular weight excluding hydrogens is 431 g/mol. The molecule has 1 aliphatic rings. The number of rotatable bonds is 6. The van der Waals surface area contributed by atoms with Gasteiger partial charge in [-0.15, -0.1) is 0 Å². The van der Waals surface area contributed by atoms with Gasteiger partial charge in [0, 0.05) is 29.8 Å². The van der Waals surface area contributed by atoms with Crippen molar-refractivity contribution in [2.24, 2.45) is 5.92 Å². The van der Waals surface area contributed by atoms with Crippen molar-refractivity contribution in [3.05, 3.63) is 77.4 Å². The maximum atomic E-state index is 12.8. The zero-order chi connectivity index (χ0) is 23.4. The molecule has 1 saturated carbocycles. The van der Waals surface area contributed by atoms with Crippen molar-refractivity contribution in [3.63, 3.8) is 0 Å². The Morgan fingerprint density at radius 3 is 2.21 bits per heavy atom. The summed E-state index contributed by atoms with van der Waals surface area (Å²) in [6, 6.07) is 8.41. The molecule has 1 aliphatic carbocycles. The van der Waals surface area contributed by atoms with Gasteiger partial charge in [-0.1, -0.05) is 25.0 Å². The maximum Gasteiger partial charge on any atom is 0.416 e. The molecule has 0 bridgehead atoms. The number of ether oxygens (including phenoxy) is 1. The predicted molar refractivity (Wildman–Crippen MR) is 116 cm³/mol. The fourth-order valence-corrected chi connectivity index (χ4v) is 4.41. The van der Waals surface area contributed by atoms with E-state index < -0.39 is 17.7 Å². The lowest BCUT2D eigenvalue weighted by Crippen LogP contribution is -2.15. The predicted octanol–water partition coefficient (Wildman–Crippen LogP) is 5.86. The normalized spacial score (nSPS) is 15.4. The van der Waals surface area contributed by atoms with E-state index in [4.69, 9.17) is 4.74 Å². The van der Waals surface area contributed by atoms with Gasteiger partial charge in [-0.05, 0) is 60.9 Å². The standard InChI is InChI=1S/C25H24F3N3O2/c1-33-24(32)18-8-11-21(29-13-18)12-22(16-4-2-3-5-16)19-14-30-23(31-15-19)17-6-9-20(10-7-17)25(26,27)28/h6-11,13-16,22H,2-5,12H2,1H3. The van der Waals surface area contributed by atoms with E-state index in [0.717, 1.165) is 36.2 Å². The first-order valence-corrected chi connectivity index (χ1v) is 10.9. The second-order valence-electron chi connectivity index (χ2n) is 8.30. The minimum atomic E-state index is -4.37. The van der Waals surface area contributed by atoms with E-state index in [0.29, 0.717) is 29.3 Å². The Bertz CT molecular complexity index is 1080. The number of carbonyl (C=O) groups excluding carboxylic acids is 1. The number of carbonyl (C=O) groups is 1. The Morgan fingerprint density at radius 1 is 1.00 bits per heavy atom. The Labute approximate surface area is 190 Å². The summed E-state index contributed by atoms with van der Waals surface area (Å²) < 4.78 is 43.2. The number of methoxy groups -OCH3 is 1. The van der Waals surface area contributed by atoms with E-state index in [-0.39, 0.29) is 5.92 Å². The smallest absolute Gasteiger partial charge is 0.416 e. The molecule has 0 saturated heterocycles. The van der Waals surface area contributed by atoms with Crippen molar-refractivity contribution in [2.45, 2.75) is 44.2 Å². The number of benzene rings is 1. The lowest BCUT2D eigenvalue weighted by molar-refractivity contribution is -0.137. The third-order valence-electron chi connectivity index (χ3n) is 6.21. The second kappa shape index (κ2) is 9.68. The summed E-state index contributed by atoms with van der Waals surface area (Å²) in [5.74, 6) is 0.616. The van der Waals surface area contributed by atoms with E-state index >= 15 is 0 Å². The van der Waals surface area contributed by atoms with Crippen LogP contribution in [0.2, 0.25) is 0 Å². The highest BCUT2D eigenvalue weighted by Gasteiger charge is 2.30. The van der Waals surface area contributed by atoms with Gasteiger partial charge in [-0.25, -0.2) is 14.8 Å². The van der Waals surface area contributed by atoms with Crippen LogP contribution in [0, 0.1) is 5.92 Å². The summed E-state index contributed by atoms with van der Waals surface area (Å²) >= 11 is 0. The van der Waals surface area contributed by atoms with Crippen molar-refractivity contribution < 1.29 is 22.7 Å². The summed E-state index contributed by atoms with van der Waals surface area (Å²) in [7, 11) is 1.33. The fourth-order valence-electron chi connectivity index (χ4n) is 4.41. The number of halogens is 3. The molecule has 0 spiro atoms. The average Bonchev–Trinajstić information content (AvgIpc) is 3.37. The summed E-state index contributed by atoms with van der Waals surface area (Å²) in [6.07, 6.45) is 5.97. The molecule has 0 aliphatic heterocycles. The summed E-state index contributed by atoms with van der Waals surface area (Å²) in [4.78, 5) is 25.0. The second-order valence-corrected chi connectivity index (χ2v) is 8.30. The number of hydrogen-bond acceptors (Lipinski definition) is 5. The molecule has 1 unspecified atom stereocenters. The molecule has 8 heteroatoms. The van der Waals surface area contributed by atoms with E-state index in [1.165, 1.54) is 38.3 Å². The summed E-state index contributed by atoms with van der Waals surface area (Å²) in [5.41, 5.74) is 2.09. The van der Waals surface area contributed by atoms with E-state index in [1.54, 1.807) is 18.5 Å². The third kappa shape index (κ3) is 5.38. The van der Waals surface area contributed by atoms with Gasteiger partial charge < -0.3 is 4.74 Å². The number of esters is 1. The van der Waals surface area contributed by atoms with Crippen molar-refractivity contribution in [3.8, 4) is 11.4 Å². The van der Waals surface area contributed by atoms with Crippen LogP contribution in [0.1, 0.15) is 58.8 Å². The Morgan fingerprint density at radius 2 is 1.67 bits per heavy atom. The maximum absolute atomic E-state index is 12.8. The molecule has 1 aromatic carbocycles. The zero-order valence-electron chi connectivity index (χ0n) is 18.2. The van der Waals surface area contributed by atoms with Gasteiger partial charge in [0.1, 0.15) is 0 Å². The van der Waals surface area contributed by atoms with Crippen LogP contribution in [0.5, 0.6) is 0 Å². The number of pyridine rings is 1. The van der Waals surface area contributed by atoms with E-state index in [1.807, 2.05) is 6.07 Å². The Balaban J connectivity index is 1.54. The highest BCUT2D eigenvalue weighted by molar-refractivity contribution is 5.88. The summed E-state index contributed by atoms with van der Waals surface area (Å²) in [6.45, 7) is 0. The molecule has 2 heterocycles. The first kappa shape index (κ1) is 22.9. The molecule has 1 fully saturated rings. The fraction of sp³-hybridized carbons (Fsp3) is 0.360. The highest BCUT2D eigenvalue weighted by atomic mass is 19.4. The molecule has 0 N–H and O–H groups in total. The van der Waals surface area contributed by atoms with Crippen LogP contribution < -0.4 is 0 Å². The van der Waals surface area contributed by atoms with Gasteiger partial charge in [0.2, 0.25) is 0 Å². The van der Waals surface area contributed by atoms with E-state index in [9.17, 15) is 18.0 Å². The lowest BCUT2D eigenvalue weighted by Gasteiger charge is -2.23. The van der Waals surface area contributed by atoms with Gasteiger partial charge in [0.25, 0.3) is 0 Å². The monoisotopic (exact) mass is 455 g/mol. The quantitative estimate of drug-likeness (QED) is 0.436. The molecule has 4 rings (SSSR count). The molecule has 33 heavy (non-hydrogen) atoms. The zero-order valence-corrected chi connectivity index (χ0v) is 18.2. The molecule has 2 aromatic heterocycles. The third-order valence-corrected chi connectivity index (χ3v) is 6.21. The molecule has 0 radical (unpaired) electrons. The largest absolute Gasteiger partial charge is 0.465 e. The molecule has 0 amide bonds.